The van der Waals surface area contributed by atoms with Crippen molar-refractivity contribution in [3.05, 3.63) is 33.6 Å². The number of anilines is 2. The van der Waals surface area contributed by atoms with E-state index >= 15 is 0 Å². The van der Waals surface area contributed by atoms with Crippen LogP contribution in [0.3, 0.4) is 0 Å². The Morgan fingerprint density at radius 3 is 2.72 bits per heavy atom. The number of nitrogens with zero attached hydrogens (tertiary/aromatic N) is 2. The van der Waals surface area contributed by atoms with Crippen molar-refractivity contribution in [2.75, 3.05) is 17.2 Å². The number of nitrogens with one attached hydrogen (secondary N) is 2. The number of rotatable bonds is 5. The minimum Gasteiger partial charge on any atom is -0.365 e. The van der Waals surface area contributed by atoms with Crippen molar-refractivity contribution in [3.8, 4) is 0 Å². The zero-order valence-electron chi connectivity index (χ0n) is 10.9. The molecule has 2 heterocycles. The second-order valence-electron chi connectivity index (χ2n) is 4.12. The Morgan fingerprint density at radius 2 is 2.06 bits per heavy atom. The van der Waals surface area contributed by atoms with E-state index in [4.69, 9.17) is 0 Å². The molecule has 2 aromatic rings. The molecule has 0 aliphatic rings. The zero-order valence-corrected chi connectivity index (χ0v) is 11.8. The van der Waals surface area contributed by atoms with Gasteiger partial charge in [0.15, 0.2) is 0 Å². The summed E-state index contributed by atoms with van der Waals surface area (Å²) in [6.07, 6.45) is 1.84. The monoisotopic (exact) mass is 262 g/mol. The number of aryl methyl sites for hydroxylation is 2. The van der Waals surface area contributed by atoms with Crippen LogP contribution in [-0.4, -0.2) is 16.5 Å². The molecule has 5 heteroatoms. The van der Waals surface area contributed by atoms with Gasteiger partial charge in [-0.3, -0.25) is 0 Å². The fourth-order valence-electron chi connectivity index (χ4n) is 1.62. The Morgan fingerprint density at radius 1 is 1.22 bits per heavy atom. The molecule has 0 spiro atoms. The lowest BCUT2D eigenvalue weighted by Gasteiger charge is -2.09. The first-order chi connectivity index (χ1) is 8.69. The van der Waals surface area contributed by atoms with Gasteiger partial charge in [-0.05, 0) is 32.9 Å². The van der Waals surface area contributed by atoms with Gasteiger partial charge in [0, 0.05) is 28.1 Å². The van der Waals surface area contributed by atoms with Gasteiger partial charge >= 0.3 is 0 Å². The molecule has 0 aromatic carbocycles. The van der Waals surface area contributed by atoms with E-state index in [0.29, 0.717) is 5.95 Å². The van der Waals surface area contributed by atoms with Crippen LogP contribution in [0.25, 0.3) is 0 Å². The van der Waals surface area contributed by atoms with E-state index in [9.17, 15) is 0 Å². The van der Waals surface area contributed by atoms with E-state index in [2.05, 4.69) is 39.7 Å². The molecule has 0 aliphatic carbocycles. The van der Waals surface area contributed by atoms with Crippen molar-refractivity contribution < 1.29 is 0 Å². The molecular weight excluding hydrogens is 244 g/mol. The molecule has 0 bridgehead atoms. The topological polar surface area (TPSA) is 49.8 Å². The smallest absolute Gasteiger partial charge is 0.224 e. The van der Waals surface area contributed by atoms with E-state index < -0.39 is 0 Å². The van der Waals surface area contributed by atoms with Gasteiger partial charge in [-0.15, -0.1) is 11.3 Å². The predicted molar refractivity (Wildman–Crippen MR) is 77.3 cm³/mol. The lowest BCUT2D eigenvalue weighted by atomic mass is 10.3. The summed E-state index contributed by atoms with van der Waals surface area (Å²) in [4.78, 5) is 11.3. The van der Waals surface area contributed by atoms with Crippen molar-refractivity contribution in [1.82, 2.24) is 9.97 Å². The summed E-state index contributed by atoms with van der Waals surface area (Å²) in [6, 6.07) is 4.29. The SMILES string of the molecule is CCNc1ncc(C)c(NCc2ccc(C)s2)n1. The van der Waals surface area contributed by atoms with Gasteiger partial charge in [0.1, 0.15) is 5.82 Å². The first-order valence-electron chi connectivity index (χ1n) is 6.05. The molecule has 2 N–H and O–H groups in total. The normalized spacial score (nSPS) is 10.4. The van der Waals surface area contributed by atoms with Crippen LogP contribution in [0.15, 0.2) is 18.3 Å². The molecule has 0 saturated heterocycles. The van der Waals surface area contributed by atoms with Gasteiger partial charge in [0.25, 0.3) is 0 Å². The van der Waals surface area contributed by atoms with Crippen molar-refractivity contribution in [3.63, 3.8) is 0 Å². The average Bonchev–Trinajstić information content (AvgIpc) is 2.76. The third-order valence-corrected chi connectivity index (χ3v) is 3.53. The van der Waals surface area contributed by atoms with Crippen LogP contribution < -0.4 is 10.6 Å². The lowest BCUT2D eigenvalue weighted by Crippen LogP contribution is -2.07. The van der Waals surface area contributed by atoms with Gasteiger partial charge in [-0.1, -0.05) is 0 Å². The molecule has 18 heavy (non-hydrogen) atoms. The Balaban J connectivity index is 2.05. The average molecular weight is 262 g/mol. The molecule has 0 radical (unpaired) electrons. The minimum absolute atomic E-state index is 0.674. The van der Waals surface area contributed by atoms with E-state index in [-0.39, 0.29) is 0 Å². The first-order valence-corrected chi connectivity index (χ1v) is 6.87. The molecule has 0 aliphatic heterocycles. The van der Waals surface area contributed by atoms with Crippen LogP contribution in [0.4, 0.5) is 11.8 Å². The summed E-state index contributed by atoms with van der Waals surface area (Å²) in [5, 5.41) is 6.48. The quantitative estimate of drug-likeness (QED) is 0.869. The largest absolute Gasteiger partial charge is 0.365 e. The fraction of sp³-hybridized carbons (Fsp3) is 0.385. The van der Waals surface area contributed by atoms with E-state index in [1.54, 1.807) is 11.3 Å². The highest BCUT2D eigenvalue weighted by molar-refractivity contribution is 7.11. The Bertz CT molecular complexity index is 521. The lowest BCUT2D eigenvalue weighted by molar-refractivity contribution is 1.04. The summed E-state index contributed by atoms with van der Waals surface area (Å²) in [5.74, 6) is 1.57. The van der Waals surface area contributed by atoms with Crippen LogP contribution in [0.1, 0.15) is 22.2 Å². The second kappa shape index (κ2) is 5.82. The van der Waals surface area contributed by atoms with E-state index in [0.717, 1.165) is 24.5 Å². The maximum atomic E-state index is 4.46. The molecule has 0 atom stereocenters. The highest BCUT2D eigenvalue weighted by Gasteiger charge is 2.04. The molecule has 2 aromatic heterocycles. The van der Waals surface area contributed by atoms with Crippen molar-refractivity contribution in [2.45, 2.75) is 27.3 Å². The summed E-state index contributed by atoms with van der Waals surface area (Å²) >= 11 is 1.81. The first kappa shape index (κ1) is 12.8. The van der Waals surface area contributed by atoms with Crippen LogP contribution in [-0.2, 0) is 6.54 Å². The fourth-order valence-corrected chi connectivity index (χ4v) is 2.45. The highest BCUT2D eigenvalue weighted by Crippen LogP contribution is 2.18. The van der Waals surface area contributed by atoms with Gasteiger partial charge in [-0.25, -0.2) is 4.98 Å². The molecule has 4 nitrogen and oxygen atoms in total. The highest BCUT2D eigenvalue weighted by atomic mass is 32.1. The predicted octanol–water partition coefficient (Wildman–Crippen LogP) is 3.20. The maximum Gasteiger partial charge on any atom is 0.224 e. The summed E-state index contributed by atoms with van der Waals surface area (Å²) in [5.41, 5.74) is 1.06. The van der Waals surface area contributed by atoms with Gasteiger partial charge < -0.3 is 10.6 Å². The van der Waals surface area contributed by atoms with Gasteiger partial charge in [-0.2, -0.15) is 4.98 Å². The molecule has 0 fully saturated rings. The van der Waals surface area contributed by atoms with Crippen LogP contribution in [0.5, 0.6) is 0 Å². The molecule has 0 amide bonds. The van der Waals surface area contributed by atoms with E-state index in [1.807, 2.05) is 20.0 Å². The molecule has 0 saturated carbocycles. The Labute approximate surface area is 111 Å². The number of hydrogen-bond acceptors (Lipinski definition) is 5. The Hall–Kier alpha value is -1.62. The third kappa shape index (κ3) is 3.20. The zero-order chi connectivity index (χ0) is 13.0. The number of thiophene rings is 1. The maximum absolute atomic E-state index is 4.46. The number of hydrogen-bond donors (Lipinski definition) is 2. The molecule has 96 valence electrons. The van der Waals surface area contributed by atoms with Crippen molar-refractivity contribution in [1.29, 1.82) is 0 Å². The second-order valence-corrected chi connectivity index (χ2v) is 5.49. The molecule has 2 rings (SSSR count). The van der Waals surface area contributed by atoms with Gasteiger partial charge in [0.05, 0.1) is 6.54 Å². The number of aromatic nitrogens is 2. The summed E-state index contributed by atoms with van der Waals surface area (Å²) < 4.78 is 0. The van der Waals surface area contributed by atoms with Gasteiger partial charge in [0.2, 0.25) is 5.95 Å². The summed E-state index contributed by atoms with van der Waals surface area (Å²) in [6.45, 7) is 7.80. The Kier molecular flexibility index (Phi) is 4.15. The summed E-state index contributed by atoms with van der Waals surface area (Å²) in [7, 11) is 0. The minimum atomic E-state index is 0.674. The van der Waals surface area contributed by atoms with Crippen molar-refractivity contribution >= 4 is 23.1 Å². The standard InChI is InChI=1S/C13H18N4S/c1-4-14-13-16-7-9(2)12(17-13)15-8-11-6-5-10(3)18-11/h5-7H,4,8H2,1-3H3,(H2,14,15,16,17). The molecule has 0 unspecified atom stereocenters. The van der Waals surface area contributed by atoms with Crippen molar-refractivity contribution in [2.24, 2.45) is 0 Å². The van der Waals surface area contributed by atoms with Crippen LogP contribution >= 0.6 is 11.3 Å². The third-order valence-electron chi connectivity index (χ3n) is 2.53. The van der Waals surface area contributed by atoms with E-state index in [1.165, 1.54) is 9.75 Å². The van der Waals surface area contributed by atoms with Crippen LogP contribution in [0.2, 0.25) is 0 Å². The van der Waals surface area contributed by atoms with Crippen LogP contribution in [0, 0.1) is 13.8 Å². The molecular formula is C13H18N4S.